The summed E-state index contributed by atoms with van der Waals surface area (Å²) in [5.74, 6) is -1.04. The van der Waals surface area contributed by atoms with Gasteiger partial charge in [-0.25, -0.2) is 9.59 Å². The first-order valence-corrected chi connectivity index (χ1v) is 10.8. The summed E-state index contributed by atoms with van der Waals surface area (Å²) in [6.07, 6.45) is 8.38. The van der Waals surface area contributed by atoms with E-state index >= 15 is 0 Å². The number of ether oxygens (including phenoxy) is 2. The quantitative estimate of drug-likeness (QED) is 0.700. The largest absolute Gasteiger partial charge is 0.480 e. The molecule has 1 aromatic heterocycles. The number of amides is 1. The molecule has 2 heterocycles. The Morgan fingerprint density at radius 2 is 1.97 bits per heavy atom. The lowest BCUT2D eigenvalue weighted by molar-refractivity contribution is -0.150. The number of nitrogens with zero attached hydrogens (tertiary/aromatic N) is 2. The lowest BCUT2D eigenvalue weighted by atomic mass is 9.76. The predicted octanol–water partition coefficient (Wildman–Crippen LogP) is 4.48. The van der Waals surface area contributed by atoms with Crippen molar-refractivity contribution < 1.29 is 24.2 Å². The third-order valence-electron chi connectivity index (χ3n) is 5.73. The van der Waals surface area contributed by atoms with Crippen molar-refractivity contribution in [2.75, 3.05) is 13.2 Å². The van der Waals surface area contributed by atoms with Gasteiger partial charge in [-0.15, -0.1) is 0 Å². The van der Waals surface area contributed by atoms with Crippen molar-refractivity contribution in [2.45, 2.75) is 76.0 Å². The third-order valence-corrected chi connectivity index (χ3v) is 6.37. The number of carboxylic acids is 1. The van der Waals surface area contributed by atoms with Gasteiger partial charge in [0.15, 0.2) is 0 Å². The molecule has 0 bridgehead atoms. The molecule has 8 heteroatoms. The number of carbonyl (C=O) groups excluding carboxylic acids is 1. The molecule has 1 unspecified atom stereocenters. The lowest BCUT2D eigenvalue weighted by Gasteiger charge is -2.41. The van der Waals surface area contributed by atoms with Crippen LogP contribution in [-0.4, -0.2) is 51.3 Å². The number of aliphatic carboxylic acids is 1. The molecule has 7 nitrogen and oxygen atoms in total. The Labute approximate surface area is 179 Å². The Bertz CT molecular complexity index is 773. The van der Waals surface area contributed by atoms with Gasteiger partial charge in [-0.3, -0.25) is 9.88 Å². The van der Waals surface area contributed by atoms with Gasteiger partial charge < -0.3 is 14.6 Å². The first kappa shape index (κ1) is 22.0. The summed E-state index contributed by atoms with van der Waals surface area (Å²) < 4.78 is 12.5. The standard InChI is InChI=1S/C21H29BrN2O5/c1-19(2,3)29-18(27)24-14-21(28-12-17(25)26,15-7-10-23-11-16(15)22)13-20(24)8-5-4-6-9-20/h7,10-11H,4-6,8-9,12-14H2,1-3H3,(H,25,26). The van der Waals surface area contributed by atoms with Crippen molar-refractivity contribution in [3.8, 4) is 0 Å². The molecule has 1 saturated heterocycles. The lowest BCUT2D eigenvalue weighted by Crippen LogP contribution is -2.50. The van der Waals surface area contributed by atoms with Crippen LogP contribution in [0.15, 0.2) is 22.9 Å². The zero-order valence-electron chi connectivity index (χ0n) is 17.2. The zero-order valence-corrected chi connectivity index (χ0v) is 18.8. The maximum atomic E-state index is 13.2. The first-order chi connectivity index (χ1) is 13.6. The van der Waals surface area contributed by atoms with Gasteiger partial charge in [0, 0.05) is 34.4 Å². The molecule has 2 fully saturated rings. The van der Waals surface area contributed by atoms with E-state index in [0.29, 0.717) is 6.42 Å². The van der Waals surface area contributed by atoms with Crippen LogP contribution in [-0.2, 0) is 19.9 Å². The number of rotatable bonds is 4. The van der Waals surface area contributed by atoms with Crippen molar-refractivity contribution in [3.05, 3.63) is 28.5 Å². The van der Waals surface area contributed by atoms with Gasteiger partial charge in [0.1, 0.15) is 17.8 Å². The fourth-order valence-electron chi connectivity index (χ4n) is 4.64. The number of hydrogen-bond acceptors (Lipinski definition) is 5. The van der Waals surface area contributed by atoms with Gasteiger partial charge in [0.05, 0.1) is 6.54 Å². The fourth-order valence-corrected chi connectivity index (χ4v) is 5.25. The van der Waals surface area contributed by atoms with Crippen LogP contribution in [0.2, 0.25) is 0 Å². The molecule has 1 atom stereocenters. The fraction of sp³-hybridized carbons (Fsp3) is 0.667. The van der Waals surface area contributed by atoms with Crippen molar-refractivity contribution in [1.82, 2.24) is 9.88 Å². The average molecular weight is 469 g/mol. The average Bonchev–Trinajstić information content (AvgIpc) is 2.95. The normalized spacial score (nSPS) is 23.9. The Kier molecular flexibility index (Phi) is 6.24. The summed E-state index contributed by atoms with van der Waals surface area (Å²) in [6.45, 7) is 5.36. The van der Waals surface area contributed by atoms with E-state index < -0.39 is 29.3 Å². The number of halogens is 1. The molecular formula is C21H29BrN2O5. The van der Waals surface area contributed by atoms with Gasteiger partial charge in [-0.1, -0.05) is 19.3 Å². The highest BCUT2D eigenvalue weighted by Gasteiger charge is 2.58. The van der Waals surface area contributed by atoms with E-state index in [1.54, 1.807) is 17.3 Å². The number of likely N-dealkylation sites (tertiary alicyclic amines) is 1. The van der Waals surface area contributed by atoms with Crippen LogP contribution in [0.5, 0.6) is 0 Å². The highest BCUT2D eigenvalue weighted by Crippen LogP contribution is 2.52. The zero-order chi connectivity index (χ0) is 21.3. The second kappa shape index (κ2) is 8.22. The van der Waals surface area contributed by atoms with E-state index in [-0.39, 0.29) is 12.6 Å². The second-order valence-corrected chi connectivity index (χ2v) is 9.91. The first-order valence-electron chi connectivity index (χ1n) is 10.0. The van der Waals surface area contributed by atoms with Crippen molar-refractivity contribution in [2.24, 2.45) is 0 Å². The van der Waals surface area contributed by atoms with E-state index in [9.17, 15) is 14.7 Å². The Hall–Kier alpha value is -1.67. The van der Waals surface area contributed by atoms with Crippen LogP contribution in [0.3, 0.4) is 0 Å². The molecular weight excluding hydrogens is 440 g/mol. The molecule has 0 aromatic carbocycles. The monoisotopic (exact) mass is 468 g/mol. The summed E-state index contributed by atoms with van der Waals surface area (Å²) in [6, 6.07) is 1.83. The third kappa shape index (κ3) is 4.74. The molecule has 2 aliphatic rings. The number of carboxylic acid groups (broad SMARTS) is 1. The SMILES string of the molecule is CC(C)(C)OC(=O)N1CC(OCC(=O)O)(c2ccncc2Br)CC12CCCCC2. The van der Waals surface area contributed by atoms with Gasteiger partial charge in [-0.05, 0) is 55.6 Å². The van der Waals surface area contributed by atoms with Crippen molar-refractivity contribution in [3.63, 3.8) is 0 Å². The van der Waals surface area contributed by atoms with E-state index in [0.717, 1.165) is 42.1 Å². The molecule has 3 rings (SSSR count). The molecule has 1 N–H and O–H groups in total. The van der Waals surface area contributed by atoms with Gasteiger partial charge in [0.25, 0.3) is 0 Å². The molecule has 29 heavy (non-hydrogen) atoms. The topological polar surface area (TPSA) is 89.0 Å². The summed E-state index contributed by atoms with van der Waals surface area (Å²) in [4.78, 5) is 30.4. The minimum atomic E-state index is -1.04. The molecule has 1 amide bonds. The Morgan fingerprint density at radius 1 is 1.28 bits per heavy atom. The Morgan fingerprint density at radius 3 is 2.55 bits per heavy atom. The molecule has 0 radical (unpaired) electrons. The van der Waals surface area contributed by atoms with Crippen LogP contribution in [0.4, 0.5) is 4.79 Å². The van der Waals surface area contributed by atoms with Crippen molar-refractivity contribution in [1.29, 1.82) is 0 Å². The number of aromatic nitrogens is 1. The van der Waals surface area contributed by atoms with Crippen LogP contribution in [0.1, 0.15) is 64.9 Å². The van der Waals surface area contributed by atoms with E-state index in [1.807, 2.05) is 26.8 Å². The van der Waals surface area contributed by atoms with Crippen molar-refractivity contribution >= 4 is 28.0 Å². The molecule has 1 aromatic rings. The summed E-state index contributed by atoms with van der Waals surface area (Å²) in [7, 11) is 0. The maximum Gasteiger partial charge on any atom is 0.410 e. The Balaban J connectivity index is 2.04. The summed E-state index contributed by atoms with van der Waals surface area (Å²) in [5.41, 5.74) is -1.14. The predicted molar refractivity (Wildman–Crippen MR) is 111 cm³/mol. The second-order valence-electron chi connectivity index (χ2n) is 9.06. The smallest absolute Gasteiger partial charge is 0.410 e. The van der Waals surface area contributed by atoms with Gasteiger partial charge >= 0.3 is 12.1 Å². The van der Waals surface area contributed by atoms with E-state index in [2.05, 4.69) is 20.9 Å². The minimum Gasteiger partial charge on any atom is -0.480 e. The van der Waals surface area contributed by atoms with Gasteiger partial charge in [-0.2, -0.15) is 0 Å². The molecule has 1 aliphatic heterocycles. The molecule has 1 aliphatic carbocycles. The number of pyridine rings is 1. The summed E-state index contributed by atoms with van der Waals surface area (Å²) >= 11 is 3.54. The van der Waals surface area contributed by atoms with E-state index in [4.69, 9.17) is 9.47 Å². The minimum absolute atomic E-state index is 0.248. The van der Waals surface area contributed by atoms with Gasteiger partial charge in [0.2, 0.25) is 0 Å². The summed E-state index contributed by atoms with van der Waals surface area (Å²) in [5, 5.41) is 9.28. The molecule has 160 valence electrons. The van der Waals surface area contributed by atoms with Crippen LogP contribution in [0, 0.1) is 0 Å². The van der Waals surface area contributed by atoms with E-state index in [1.165, 1.54) is 0 Å². The van der Waals surface area contributed by atoms with Crippen LogP contribution >= 0.6 is 15.9 Å². The van der Waals surface area contributed by atoms with Crippen LogP contribution < -0.4 is 0 Å². The highest BCUT2D eigenvalue weighted by molar-refractivity contribution is 9.10. The number of hydrogen-bond donors (Lipinski definition) is 1. The molecule has 1 spiro atoms. The van der Waals surface area contributed by atoms with Crippen LogP contribution in [0.25, 0.3) is 0 Å². The highest BCUT2D eigenvalue weighted by atomic mass is 79.9. The maximum absolute atomic E-state index is 13.2. The number of carbonyl (C=O) groups is 2. The molecule has 1 saturated carbocycles.